The summed E-state index contributed by atoms with van der Waals surface area (Å²) in [6.45, 7) is 0.377. The van der Waals surface area contributed by atoms with Gasteiger partial charge in [0.15, 0.2) is 0 Å². The highest BCUT2D eigenvalue weighted by atomic mass is 79.9. The van der Waals surface area contributed by atoms with E-state index in [2.05, 4.69) is 26.2 Å². The number of hydrogen-bond donors (Lipinski definition) is 1. The van der Waals surface area contributed by atoms with Crippen LogP contribution in [0.2, 0.25) is 0 Å². The molecule has 3 aromatic rings. The molecule has 23 heavy (non-hydrogen) atoms. The van der Waals surface area contributed by atoms with Crippen LogP contribution >= 0.6 is 15.9 Å². The van der Waals surface area contributed by atoms with Crippen molar-refractivity contribution in [3.63, 3.8) is 0 Å². The van der Waals surface area contributed by atoms with Gasteiger partial charge in [-0.1, -0.05) is 46.3 Å². The molecule has 6 heteroatoms. The summed E-state index contributed by atoms with van der Waals surface area (Å²) in [5, 5.41) is 2.59. The minimum absolute atomic E-state index is 0.143. The fraction of sp³-hybridized carbons (Fsp3) is 0.0588. The molecule has 0 aliphatic heterocycles. The van der Waals surface area contributed by atoms with Crippen LogP contribution in [0.15, 0.2) is 69.9 Å². The third kappa shape index (κ3) is 3.98. The lowest BCUT2D eigenvalue weighted by Gasteiger charge is -2.11. The van der Waals surface area contributed by atoms with Gasteiger partial charge >= 0.3 is 6.01 Å². The number of aromatic nitrogens is 1. The van der Waals surface area contributed by atoms with Gasteiger partial charge in [0.05, 0.1) is 11.8 Å². The molecular formula is C17H13BrN2O3. The molecular weight excluding hydrogens is 360 g/mol. The van der Waals surface area contributed by atoms with Gasteiger partial charge in [0.1, 0.15) is 18.6 Å². The predicted molar refractivity (Wildman–Crippen MR) is 89.4 cm³/mol. The number of carbonyl (C=O) groups is 1. The van der Waals surface area contributed by atoms with Crippen molar-refractivity contribution in [3.05, 3.63) is 76.6 Å². The zero-order valence-corrected chi connectivity index (χ0v) is 13.6. The van der Waals surface area contributed by atoms with Gasteiger partial charge in [0.25, 0.3) is 5.91 Å². The molecule has 1 heterocycles. The number of rotatable bonds is 5. The molecule has 0 saturated carbocycles. The lowest BCUT2D eigenvalue weighted by molar-refractivity contribution is 0.101. The SMILES string of the molecule is O=C(Nc1ncco1)c1cc(Br)ccc1OCc1ccccc1. The lowest BCUT2D eigenvalue weighted by Crippen LogP contribution is -2.14. The summed E-state index contributed by atoms with van der Waals surface area (Å²) < 4.78 is 11.6. The Kier molecular flexibility index (Phi) is 4.73. The van der Waals surface area contributed by atoms with Crippen LogP contribution in [0.5, 0.6) is 5.75 Å². The zero-order chi connectivity index (χ0) is 16.1. The quantitative estimate of drug-likeness (QED) is 0.726. The summed E-state index contributed by atoms with van der Waals surface area (Å²) in [4.78, 5) is 16.3. The van der Waals surface area contributed by atoms with Crippen molar-refractivity contribution >= 4 is 27.9 Å². The van der Waals surface area contributed by atoms with E-state index in [-0.39, 0.29) is 11.9 Å². The smallest absolute Gasteiger partial charge is 0.301 e. The number of carbonyl (C=O) groups excluding carboxylic acids is 1. The Morgan fingerprint density at radius 1 is 1.22 bits per heavy atom. The zero-order valence-electron chi connectivity index (χ0n) is 12.0. The standard InChI is InChI=1S/C17H13BrN2O3/c18-13-6-7-15(23-11-12-4-2-1-3-5-12)14(10-13)16(21)20-17-19-8-9-22-17/h1-10H,11H2,(H,19,20,21). The van der Waals surface area contributed by atoms with Gasteiger partial charge in [-0.15, -0.1) is 0 Å². The number of anilines is 1. The molecule has 116 valence electrons. The summed E-state index contributed by atoms with van der Waals surface area (Å²) in [5.74, 6) is 0.137. The maximum Gasteiger partial charge on any atom is 0.301 e. The summed E-state index contributed by atoms with van der Waals surface area (Å²) >= 11 is 3.36. The number of nitrogens with one attached hydrogen (secondary N) is 1. The maximum atomic E-state index is 12.4. The van der Waals surface area contributed by atoms with Gasteiger partial charge < -0.3 is 9.15 Å². The van der Waals surface area contributed by atoms with E-state index < -0.39 is 0 Å². The molecule has 1 amide bonds. The highest BCUT2D eigenvalue weighted by molar-refractivity contribution is 9.10. The van der Waals surface area contributed by atoms with E-state index in [9.17, 15) is 4.79 Å². The van der Waals surface area contributed by atoms with E-state index in [1.165, 1.54) is 12.5 Å². The Balaban J connectivity index is 1.78. The van der Waals surface area contributed by atoms with Crippen LogP contribution in [-0.2, 0) is 6.61 Å². The third-order valence-corrected chi connectivity index (χ3v) is 3.57. The largest absolute Gasteiger partial charge is 0.488 e. The first-order valence-corrected chi connectivity index (χ1v) is 7.69. The summed E-state index contributed by atoms with van der Waals surface area (Å²) in [5.41, 5.74) is 1.42. The average Bonchev–Trinajstić information content (AvgIpc) is 3.07. The number of oxazole rings is 1. The second-order valence-corrected chi connectivity index (χ2v) is 5.62. The third-order valence-electron chi connectivity index (χ3n) is 3.08. The molecule has 0 aliphatic rings. The van der Waals surface area contributed by atoms with Gasteiger partial charge in [0, 0.05) is 4.47 Å². The van der Waals surface area contributed by atoms with Crippen molar-refractivity contribution in [2.45, 2.75) is 6.61 Å². The Morgan fingerprint density at radius 3 is 2.78 bits per heavy atom. The molecule has 0 aliphatic carbocycles. The molecule has 2 aromatic carbocycles. The first-order valence-electron chi connectivity index (χ1n) is 6.89. The van der Waals surface area contributed by atoms with Crippen molar-refractivity contribution in [2.75, 3.05) is 5.32 Å². The van der Waals surface area contributed by atoms with E-state index in [4.69, 9.17) is 9.15 Å². The van der Waals surface area contributed by atoms with Crippen LogP contribution in [0.3, 0.4) is 0 Å². The number of amides is 1. The molecule has 1 N–H and O–H groups in total. The number of halogens is 1. The molecule has 0 spiro atoms. The van der Waals surface area contributed by atoms with Crippen molar-refractivity contribution in [2.24, 2.45) is 0 Å². The number of hydrogen-bond acceptors (Lipinski definition) is 4. The molecule has 0 unspecified atom stereocenters. The molecule has 1 aromatic heterocycles. The molecule has 0 atom stereocenters. The summed E-state index contributed by atoms with van der Waals surface area (Å²) in [6.07, 6.45) is 2.85. The Hall–Kier alpha value is -2.60. The van der Waals surface area contributed by atoms with Crippen molar-refractivity contribution in [3.8, 4) is 5.75 Å². The molecule has 3 rings (SSSR count). The summed E-state index contributed by atoms with van der Waals surface area (Å²) in [6, 6.07) is 15.2. The van der Waals surface area contributed by atoms with Crippen molar-refractivity contribution in [1.82, 2.24) is 4.98 Å². The van der Waals surface area contributed by atoms with Crippen LogP contribution < -0.4 is 10.1 Å². The molecule has 0 saturated heterocycles. The highest BCUT2D eigenvalue weighted by Crippen LogP contribution is 2.25. The van der Waals surface area contributed by atoms with Gasteiger partial charge in [-0.3, -0.25) is 10.1 Å². The second-order valence-electron chi connectivity index (χ2n) is 4.71. The number of benzene rings is 2. The molecule has 0 radical (unpaired) electrons. The minimum Gasteiger partial charge on any atom is -0.488 e. The van der Waals surface area contributed by atoms with Crippen LogP contribution in [0.25, 0.3) is 0 Å². The fourth-order valence-electron chi connectivity index (χ4n) is 1.99. The monoisotopic (exact) mass is 372 g/mol. The first-order chi connectivity index (χ1) is 11.2. The van der Waals surface area contributed by atoms with Crippen LogP contribution in [-0.4, -0.2) is 10.9 Å². The van der Waals surface area contributed by atoms with Crippen molar-refractivity contribution < 1.29 is 13.9 Å². The molecule has 0 bridgehead atoms. The average molecular weight is 373 g/mol. The van der Waals surface area contributed by atoms with E-state index in [1.54, 1.807) is 12.1 Å². The Labute approximate surface area is 141 Å². The minimum atomic E-state index is -0.350. The van der Waals surface area contributed by atoms with Crippen LogP contribution in [0.1, 0.15) is 15.9 Å². The normalized spacial score (nSPS) is 10.3. The Morgan fingerprint density at radius 2 is 2.04 bits per heavy atom. The van der Waals surface area contributed by atoms with E-state index in [0.717, 1.165) is 10.0 Å². The highest BCUT2D eigenvalue weighted by Gasteiger charge is 2.15. The van der Waals surface area contributed by atoms with Gasteiger partial charge in [0.2, 0.25) is 0 Å². The summed E-state index contributed by atoms with van der Waals surface area (Å²) in [7, 11) is 0. The second kappa shape index (κ2) is 7.11. The molecule has 5 nitrogen and oxygen atoms in total. The van der Waals surface area contributed by atoms with E-state index >= 15 is 0 Å². The van der Waals surface area contributed by atoms with Crippen LogP contribution in [0.4, 0.5) is 6.01 Å². The topological polar surface area (TPSA) is 64.4 Å². The van der Waals surface area contributed by atoms with Gasteiger partial charge in [-0.05, 0) is 23.8 Å². The maximum absolute atomic E-state index is 12.4. The van der Waals surface area contributed by atoms with Gasteiger partial charge in [-0.25, -0.2) is 4.98 Å². The van der Waals surface area contributed by atoms with Gasteiger partial charge in [-0.2, -0.15) is 0 Å². The van der Waals surface area contributed by atoms with Crippen LogP contribution in [0, 0.1) is 0 Å². The first kappa shape index (κ1) is 15.3. The number of nitrogens with zero attached hydrogens (tertiary/aromatic N) is 1. The Bertz CT molecular complexity index is 789. The number of ether oxygens (including phenoxy) is 1. The lowest BCUT2D eigenvalue weighted by atomic mass is 10.2. The fourth-order valence-corrected chi connectivity index (χ4v) is 2.35. The predicted octanol–water partition coefficient (Wildman–Crippen LogP) is 4.27. The van der Waals surface area contributed by atoms with E-state index in [1.807, 2.05) is 36.4 Å². The molecule has 0 fully saturated rings. The van der Waals surface area contributed by atoms with E-state index in [0.29, 0.717) is 17.9 Å². The van der Waals surface area contributed by atoms with Crippen molar-refractivity contribution in [1.29, 1.82) is 0 Å².